The number of carbonyl (C=O) groups is 2. The third kappa shape index (κ3) is 3.94. The van der Waals surface area contributed by atoms with E-state index in [1.165, 1.54) is 12.4 Å². The van der Waals surface area contributed by atoms with E-state index in [9.17, 15) is 18.0 Å². The summed E-state index contributed by atoms with van der Waals surface area (Å²) in [6.07, 6.45) is 2.90. The molecule has 8 nitrogen and oxygen atoms in total. The molecule has 0 spiro atoms. The zero-order chi connectivity index (χ0) is 17.9. The van der Waals surface area contributed by atoms with Crippen LogP contribution in [0.3, 0.4) is 0 Å². The lowest BCUT2D eigenvalue weighted by atomic mass is 10.1. The molecule has 25 heavy (non-hydrogen) atoms. The van der Waals surface area contributed by atoms with Crippen molar-refractivity contribution in [3.05, 3.63) is 66.5 Å². The second-order valence-corrected chi connectivity index (χ2v) is 6.86. The highest BCUT2D eigenvalue weighted by Gasteiger charge is 2.48. The van der Waals surface area contributed by atoms with Crippen LogP contribution in [0.4, 0.5) is 0 Å². The highest BCUT2D eigenvalue weighted by Crippen LogP contribution is 2.15. The molecule has 1 unspecified atom stereocenters. The number of aromatic nitrogens is 1. The molecule has 9 heteroatoms. The summed E-state index contributed by atoms with van der Waals surface area (Å²) in [5.74, 6) is -1.07. The first-order valence-corrected chi connectivity index (χ1v) is 8.88. The molecule has 0 bridgehead atoms. The van der Waals surface area contributed by atoms with Crippen LogP contribution in [0.15, 0.2) is 60.9 Å². The standard InChI is InChI=1S/C16H15N3O5S/c20-15(11-13-7-3-1-4-8-13)17-14-12-19(16(14)21)25(22,23)24-18-9-5-2-6-10-18/h1-10,14H,11-12H2/p+1. The quantitative estimate of drug-likeness (QED) is 0.537. The van der Waals surface area contributed by atoms with Gasteiger partial charge in [0.2, 0.25) is 18.3 Å². The van der Waals surface area contributed by atoms with E-state index in [1.807, 2.05) is 18.2 Å². The molecule has 2 amide bonds. The van der Waals surface area contributed by atoms with Gasteiger partial charge in [-0.3, -0.25) is 9.59 Å². The maximum Gasteiger partial charge on any atom is 0.466 e. The zero-order valence-electron chi connectivity index (χ0n) is 13.1. The van der Waals surface area contributed by atoms with E-state index < -0.39 is 22.3 Å². The lowest BCUT2D eigenvalue weighted by molar-refractivity contribution is -0.857. The number of nitrogens with zero attached hydrogens (tertiary/aromatic N) is 2. The normalized spacial score (nSPS) is 16.9. The molecular weight excluding hydrogens is 346 g/mol. The minimum absolute atomic E-state index is 0.119. The van der Waals surface area contributed by atoms with E-state index in [0.29, 0.717) is 4.31 Å². The predicted octanol–water partition coefficient (Wildman–Crippen LogP) is -0.783. The van der Waals surface area contributed by atoms with Gasteiger partial charge in [-0.15, -0.1) is 4.28 Å². The summed E-state index contributed by atoms with van der Waals surface area (Å²) in [5.41, 5.74) is 0.806. The number of amides is 2. The number of β-lactam (4-membered cyclic amide) rings is 1. The Kier molecular flexibility index (Phi) is 4.66. The molecule has 0 aliphatic carbocycles. The Morgan fingerprint density at radius 1 is 1.16 bits per heavy atom. The molecule has 1 aromatic heterocycles. The summed E-state index contributed by atoms with van der Waals surface area (Å²) >= 11 is 0. The number of nitrogens with one attached hydrogen (secondary N) is 1. The smallest absolute Gasteiger partial charge is 0.342 e. The highest BCUT2D eigenvalue weighted by atomic mass is 32.2. The topological polar surface area (TPSA) is 96.7 Å². The first-order chi connectivity index (χ1) is 12.0. The molecule has 3 rings (SSSR count). The molecular formula is C16H16N3O5S+. The molecule has 1 N–H and O–H groups in total. The lowest BCUT2D eigenvalue weighted by Gasteiger charge is -2.34. The van der Waals surface area contributed by atoms with E-state index >= 15 is 0 Å². The van der Waals surface area contributed by atoms with Crippen molar-refractivity contribution in [3.63, 3.8) is 0 Å². The molecule has 1 aliphatic heterocycles. The van der Waals surface area contributed by atoms with Gasteiger partial charge in [-0.25, -0.2) is 0 Å². The number of hydrogen-bond acceptors (Lipinski definition) is 5. The van der Waals surface area contributed by atoms with Gasteiger partial charge in [0, 0.05) is 16.9 Å². The molecule has 1 atom stereocenters. The summed E-state index contributed by atoms with van der Waals surface area (Å²) in [7, 11) is -4.26. The summed E-state index contributed by atoms with van der Waals surface area (Å²) < 4.78 is 30.5. The zero-order valence-corrected chi connectivity index (χ0v) is 13.9. The molecule has 1 aliphatic rings. The maximum atomic E-state index is 12.1. The average molecular weight is 362 g/mol. The van der Waals surface area contributed by atoms with Crippen LogP contribution in [0, 0.1) is 0 Å². The summed E-state index contributed by atoms with van der Waals surface area (Å²) in [4.78, 5) is 24.0. The fraction of sp³-hybridized carbons (Fsp3) is 0.188. The van der Waals surface area contributed by atoms with Gasteiger partial charge in [0.1, 0.15) is 6.04 Å². The van der Waals surface area contributed by atoms with Crippen molar-refractivity contribution in [3.8, 4) is 0 Å². The Morgan fingerprint density at radius 3 is 2.44 bits per heavy atom. The van der Waals surface area contributed by atoms with Gasteiger partial charge in [0.15, 0.2) is 0 Å². The van der Waals surface area contributed by atoms with Crippen LogP contribution < -0.4 is 14.3 Å². The average Bonchev–Trinajstić information content (AvgIpc) is 2.59. The van der Waals surface area contributed by atoms with Crippen LogP contribution in [0.1, 0.15) is 5.56 Å². The van der Waals surface area contributed by atoms with Crippen molar-refractivity contribution in [2.45, 2.75) is 12.5 Å². The van der Waals surface area contributed by atoms with Gasteiger partial charge in [-0.2, -0.15) is 12.7 Å². The second kappa shape index (κ2) is 6.89. The van der Waals surface area contributed by atoms with Crippen molar-refractivity contribution in [1.82, 2.24) is 9.62 Å². The third-order valence-corrected chi connectivity index (χ3v) is 4.80. The fourth-order valence-electron chi connectivity index (χ4n) is 2.31. The molecule has 1 saturated heterocycles. The van der Waals surface area contributed by atoms with E-state index in [4.69, 9.17) is 4.28 Å². The van der Waals surface area contributed by atoms with E-state index in [2.05, 4.69) is 5.32 Å². The third-order valence-electron chi connectivity index (χ3n) is 3.57. The van der Waals surface area contributed by atoms with Crippen LogP contribution in [-0.4, -0.2) is 37.1 Å². The van der Waals surface area contributed by atoms with Crippen molar-refractivity contribution in [1.29, 1.82) is 0 Å². The van der Waals surface area contributed by atoms with Crippen LogP contribution >= 0.6 is 0 Å². The second-order valence-electron chi connectivity index (χ2n) is 5.42. The first-order valence-electron chi connectivity index (χ1n) is 7.52. The summed E-state index contributed by atoms with van der Waals surface area (Å²) in [6, 6.07) is 13.0. The van der Waals surface area contributed by atoms with Gasteiger partial charge >= 0.3 is 10.3 Å². The molecule has 1 fully saturated rings. The van der Waals surface area contributed by atoms with Gasteiger partial charge in [-0.05, 0) is 5.56 Å². The predicted molar refractivity (Wildman–Crippen MR) is 85.9 cm³/mol. The monoisotopic (exact) mass is 362 g/mol. The number of rotatable bonds is 6. The summed E-state index contributed by atoms with van der Waals surface area (Å²) in [5, 5.41) is 2.52. The fourth-order valence-corrected chi connectivity index (χ4v) is 3.39. The van der Waals surface area contributed by atoms with E-state index in [1.54, 1.807) is 30.3 Å². The van der Waals surface area contributed by atoms with E-state index in [-0.39, 0.29) is 18.9 Å². The van der Waals surface area contributed by atoms with Gasteiger partial charge in [-0.1, -0.05) is 36.4 Å². The van der Waals surface area contributed by atoms with Gasteiger partial charge in [0.25, 0.3) is 5.91 Å². The molecule has 2 heterocycles. The number of carbonyl (C=O) groups excluding carboxylic acids is 2. The van der Waals surface area contributed by atoms with E-state index in [0.717, 1.165) is 10.3 Å². The SMILES string of the molecule is O=C(Cc1ccccc1)NC1CN(S(=O)(=O)O[n+]2ccccc2)C1=O. The van der Waals surface area contributed by atoms with Gasteiger partial charge in [0.05, 0.1) is 13.0 Å². The minimum atomic E-state index is -4.26. The Bertz CT molecular complexity index is 871. The number of benzene rings is 1. The summed E-state index contributed by atoms with van der Waals surface area (Å²) in [6.45, 7) is -0.158. The molecule has 130 valence electrons. The Morgan fingerprint density at radius 2 is 1.80 bits per heavy atom. The minimum Gasteiger partial charge on any atom is -0.342 e. The van der Waals surface area contributed by atoms with Crippen LogP contribution in [0.2, 0.25) is 0 Å². The van der Waals surface area contributed by atoms with Crippen LogP contribution in [0.25, 0.3) is 0 Å². The Balaban J connectivity index is 1.55. The van der Waals surface area contributed by atoms with Crippen molar-refractivity contribution >= 4 is 22.1 Å². The molecule has 1 aromatic carbocycles. The maximum absolute atomic E-state index is 12.1. The molecule has 0 radical (unpaired) electrons. The number of hydrogen-bond donors (Lipinski definition) is 1. The van der Waals surface area contributed by atoms with Crippen LogP contribution in [-0.2, 0) is 26.3 Å². The Hall–Kier alpha value is -2.94. The molecule has 2 aromatic rings. The first kappa shape index (κ1) is 16.9. The highest BCUT2D eigenvalue weighted by molar-refractivity contribution is 7.85. The lowest BCUT2D eigenvalue weighted by Crippen LogP contribution is -2.68. The number of pyridine rings is 1. The molecule has 0 saturated carbocycles. The Labute approximate surface area is 144 Å². The van der Waals surface area contributed by atoms with Gasteiger partial charge < -0.3 is 5.32 Å². The largest absolute Gasteiger partial charge is 0.466 e. The van der Waals surface area contributed by atoms with Crippen LogP contribution in [0.5, 0.6) is 0 Å². The van der Waals surface area contributed by atoms with Crippen molar-refractivity contribution in [2.24, 2.45) is 0 Å². The van der Waals surface area contributed by atoms with Crippen molar-refractivity contribution in [2.75, 3.05) is 6.54 Å². The van der Waals surface area contributed by atoms with Crippen molar-refractivity contribution < 1.29 is 27.0 Å².